The number of carbonyl (C=O) groups excluding carboxylic acids is 1. The average molecular weight is 365 g/mol. The Labute approximate surface area is 136 Å². The molecule has 0 fully saturated rings. The van der Waals surface area contributed by atoms with Gasteiger partial charge in [-0.25, -0.2) is 13.8 Å². The summed E-state index contributed by atoms with van der Waals surface area (Å²) in [5, 5.41) is -0.111. The fourth-order valence-electron chi connectivity index (χ4n) is 2.12. The molecule has 2 rings (SSSR count). The van der Waals surface area contributed by atoms with Gasteiger partial charge in [0.05, 0.1) is 5.69 Å². The lowest BCUT2D eigenvalue weighted by molar-refractivity contribution is -0.144. The fourth-order valence-corrected chi connectivity index (χ4v) is 2.35. The molecule has 0 saturated heterocycles. The minimum Gasteiger partial charge on any atom is -0.303 e. The molecule has 5 nitrogen and oxygen atoms in total. The molecule has 0 unspecified atom stereocenters. The summed E-state index contributed by atoms with van der Waals surface area (Å²) in [6, 6.07) is 1.94. The second-order valence-corrected chi connectivity index (χ2v) is 5.22. The first-order valence-corrected chi connectivity index (χ1v) is 6.78. The summed E-state index contributed by atoms with van der Waals surface area (Å²) in [4.78, 5) is 34.7. The largest absolute Gasteiger partial charge is 0.431 e. The highest BCUT2D eigenvalue weighted by molar-refractivity contribution is 6.31. The van der Waals surface area contributed by atoms with Gasteiger partial charge in [-0.2, -0.15) is 13.2 Å². The summed E-state index contributed by atoms with van der Waals surface area (Å²) in [6.07, 6.45) is -4.67. The Morgan fingerprint density at radius 1 is 1.21 bits per heavy atom. The molecule has 10 heteroatoms. The van der Waals surface area contributed by atoms with Crippen LogP contribution < -0.4 is 11.2 Å². The van der Waals surface area contributed by atoms with Crippen LogP contribution in [0.1, 0.15) is 11.3 Å². The van der Waals surface area contributed by atoms with Gasteiger partial charge in [-0.1, -0.05) is 11.6 Å². The van der Waals surface area contributed by atoms with Crippen LogP contribution in [-0.2, 0) is 24.4 Å². The third kappa shape index (κ3) is 3.12. The Hall–Kier alpha value is -2.42. The molecule has 128 valence electrons. The van der Waals surface area contributed by atoms with E-state index in [-0.39, 0.29) is 32.2 Å². The first-order valence-electron chi connectivity index (χ1n) is 6.40. The van der Waals surface area contributed by atoms with Crippen LogP contribution in [0.15, 0.2) is 27.8 Å². The van der Waals surface area contributed by atoms with Crippen molar-refractivity contribution in [3.8, 4) is 5.69 Å². The van der Waals surface area contributed by atoms with E-state index in [0.29, 0.717) is 6.29 Å². The van der Waals surface area contributed by atoms with Crippen molar-refractivity contribution in [2.45, 2.75) is 12.6 Å². The Morgan fingerprint density at radius 2 is 1.83 bits per heavy atom. The normalized spacial score (nSPS) is 11.6. The second kappa shape index (κ2) is 6.23. The summed E-state index contributed by atoms with van der Waals surface area (Å²) in [5.74, 6) is -1.09. The molecule has 0 aliphatic carbocycles. The molecule has 1 heterocycles. The van der Waals surface area contributed by atoms with Crippen molar-refractivity contribution >= 4 is 17.9 Å². The SMILES string of the molecule is Cn1c(C(F)(F)F)cc(=O)n(-c2cc(CC=O)c(Cl)cc2F)c1=O. The number of halogens is 5. The second-order valence-electron chi connectivity index (χ2n) is 4.81. The summed E-state index contributed by atoms with van der Waals surface area (Å²) in [7, 11) is 0.807. The molecule has 2 aromatic rings. The Morgan fingerprint density at radius 3 is 2.38 bits per heavy atom. The van der Waals surface area contributed by atoms with E-state index in [1.54, 1.807) is 0 Å². The predicted octanol–water partition coefficient (Wildman–Crippen LogP) is 2.09. The number of nitrogens with zero attached hydrogens (tertiary/aromatic N) is 2. The van der Waals surface area contributed by atoms with Crippen LogP contribution in [0.4, 0.5) is 17.6 Å². The van der Waals surface area contributed by atoms with Crippen molar-refractivity contribution in [1.82, 2.24) is 9.13 Å². The minimum atomic E-state index is -4.92. The van der Waals surface area contributed by atoms with Crippen LogP contribution in [0, 0.1) is 5.82 Å². The monoisotopic (exact) mass is 364 g/mol. The molecule has 0 aliphatic heterocycles. The Balaban J connectivity index is 2.82. The first kappa shape index (κ1) is 17.9. The molecule has 0 atom stereocenters. The van der Waals surface area contributed by atoms with Gasteiger partial charge in [0.1, 0.15) is 17.8 Å². The number of hydrogen-bond donors (Lipinski definition) is 0. The molecule has 0 saturated carbocycles. The quantitative estimate of drug-likeness (QED) is 0.619. The van der Waals surface area contributed by atoms with Crippen molar-refractivity contribution in [2.75, 3.05) is 0 Å². The van der Waals surface area contributed by atoms with Gasteiger partial charge in [-0.3, -0.25) is 9.36 Å². The predicted molar refractivity (Wildman–Crippen MR) is 77.0 cm³/mol. The van der Waals surface area contributed by atoms with Crippen LogP contribution in [0.5, 0.6) is 0 Å². The van der Waals surface area contributed by atoms with Crippen molar-refractivity contribution in [1.29, 1.82) is 0 Å². The van der Waals surface area contributed by atoms with Crippen LogP contribution in [-0.4, -0.2) is 15.4 Å². The molecule has 0 amide bonds. The van der Waals surface area contributed by atoms with Gasteiger partial charge in [0, 0.05) is 24.6 Å². The zero-order valence-corrected chi connectivity index (χ0v) is 12.8. The Bertz CT molecular complexity index is 931. The fraction of sp³-hybridized carbons (Fsp3) is 0.214. The molecule has 1 aromatic heterocycles. The molecule has 0 radical (unpaired) electrons. The van der Waals surface area contributed by atoms with Crippen LogP contribution in [0.25, 0.3) is 5.69 Å². The molecule has 1 aromatic carbocycles. The minimum absolute atomic E-state index is 0.111. The number of hydrogen-bond acceptors (Lipinski definition) is 3. The van der Waals surface area contributed by atoms with E-state index in [1.165, 1.54) is 0 Å². The van der Waals surface area contributed by atoms with Crippen molar-refractivity contribution in [2.24, 2.45) is 7.05 Å². The van der Waals surface area contributed by atoms with Crippen molar-refractivity contribution < 1.29 is 22.4 Å². The summed E-state index contributed by atoms with van der Waals surface area (Å²) in [5.41, 5.74) is -4.67. The van der Waals surface area contributed by atoms with E-state index in [0.717, 1.165) is 19.2 Å². The van der Waals surface area contributed by atoms with Crippen LogP contribution >= 0.6 is 11.6 Å². The zero-order chi connectivity index (χ0) is 18.2. The van der Waals surface area contributed by atoms with E-state index < -0.39 is 34.6 Å². The number of alkyl halides is 3. The zero-order valence-electron chi connectivity index (χ0n) is 12.0. The number of aldehydes is 1. The van der Waals surface area contributed by atoms with E-state index in [9.17, 15) is 31.9 Å². The number of carbonyl (C=O) groups is 1. The highest BCUT2D eigenvalue weighted by Crippen LogP contribution is 2.27. The first-order chi connectivity index (χ1) is 11.1. The maximum absolute atomic E-state index is 14.1. The van der Waals surface area contributed by atoms with Gasteiger partial charge < -0.3 is 4.79 Å². The summed E-state index contributed by atoms with van der Waals surface area (Å²) >= 11 is 5.75. The van der Waals surface area contributed by atoms with Crippen molar-refractivity contribution in [3.05, 3.63) is 61.1 Å². The topological polar surface area (TPSA) is 61.1 Å². The number of rotatable bonds is 3. The van der Waals surface area contributed by atoms with E-state index in [4.69, 9.17) is 11.6 Å². The smallest absolute Gasteiger partial charge is 0.303 e. The molecular weight excluding hydrogens is 356 g/mol. The lowest BCUT2D eigenvalue weighted by Gasteiger charge is -2.15. The van der Waals surface area contributed by atoms with Crippen LogP contribution in [0.2, 0.25) is 5.02 Å². The van der Waals surface area contributed by atoms with Gasteiger partial charge >= 0.3 is 11.9 Å². The van der Waals surface area contributed by atoms with Gasteiger partial charge in [-0.05, 0) is 17.7 Å². The lowest BCUT2D eigenvalue weighted by atomic mass is 10.1. The molecular formula is C14H9ClF4N2O3. The summed E-state index contributed by atoms with van der Waals surface area (Å²) in [6.45, 7) is 0. The molecule has 0 aliphatic rings. The maximum atomic E-state index is 14.1. The molecule has 0 bridgehead atoms. The molecule has 24 heavy (non-hydrogen) atoms. The third-order valence-electron chi connectivity index (χ3n) is 3.27. The standard InChI is InChI=1S/C14H9ClF4N2O3/c1-20-11(14(17,18)19)6-12(23)21(13(20)24)10-4-7(2-3-22)8(15)5-9(10)16/h3-6H,2H2,1H3. The van der Waals surface area contributed by atoms with E-state index >= 15 is 0 Å². The average Bonchev–Trinajstić information content (AvgIpc) is 2.46. The van der Waals surface area contributed by atoms with Gasteiger partial charge in [0.15, 0.2) is 0 Å². The van der Waals surface area contributed by atoms with E-state index in [2.05, 4.69) is 0 Å². The van der Waals surface area contributed by atoms with Crippen LogP contribution in [0.3, 0.4) is 0 Å². The highest BCUT2D eigenvalue weighted by Gasteiger charge is 2.35. The molecule has 0 N–H and O–H groups in total. The highest BCUT2D eigenvalue weighted by atomic mass is 35.5. The number of aromatic nitrogens is 2. The third-order valence-corrected chi connectivity index (χ3v) is 3.62. The van der Waals surface area contributed by atoms with E-state index in [1.807, 2.05) is 0 Å². The summed E-state index contributed by atoms with van der Waals surface area (Å²) < 4.78 is 52.9. The Kier molecular flexibility index (Phi) is 4.66. The van der Waals surface area contributed by atoms with Crippen molar-refractivity contribution in [3.63, 3.8) is 0 Å². The number of benzene rings is 1. The molecule has 0 spiro atoms. The van der Waals surface area contributed by atoms with Gasteiger partial charge in [0.2, 0.25) is 0 Å². The van der Waals surface area contributed by atoms with Gasteiger partial charge in [-0.15, -0.1) is 0 Å². The lowest BCUT2D eigenvalue weighted by Crippen LogP contribution is -2.41. The van der Waals surface area contributed by atoms with Gasteiger partial charge in [0.25, 0.3) is 5.56 Å². The maximum Gasteiger partial charge on any atom is 0.431 e.